The lowest BCUT2D eigenvalue weighted by Crippen LogP contribution is -1.92. The summed E-state index contributed by atoms with van der Waals surface area (Å²) in [6.45, 7) is 0. The molecule has 1 aromatic rings. The first-order chi connectivity index (χ1) is 7.90. The zero-order chi connectivity index (χ0) is 11.2. The second-order valence-electron chi connectivity index (χ2n) is 4.78. The van der Waals surface area contributed by atoms with Crippen LogP contribution in [-0.4, -0.2) is 10.2 Å². The van der Waals surface area contributed by atoms with Crippen LogP contribution in [0.25, 0.3) is 5.57 Å². The van der Waals surface area contributed by atoms with E-state index in [1.165, 1.54) is 65.9 Å². The maximum absolute atomic E-state index is 2.43. The summed E-state index contributed by atoms with van der Waals surface area (Å²) >= 11 is 0. The third kappa shape index (κ3) is 3.08. The standard InChI is InChI=1S/C15H22Si/c16-12-4-5-13-8-10-15(11-9-13)14-6-2-1-3-7-14/h6,8-11H,1-5,7,12H2,16H3. The van der Waals surface area contributed by atoms with Crippen LogP contribution in [0.1, 0.15) is 43.2 Å². The van der Waals surface area contributed by atoms with Crippen LogP contribution in [-0.2, 0) is 6.42 Å². The SMILES string of the molecule is [SiH3]CCCc1ccc(C2=CCCCC2)cc1. The average molecular weight is 230 g/mol. The fourth-order valence-electron chi connectivity index (χ4n) is 2.37. The van der Waals surface area contributed by atoms with E-state index in [9.17, 15) is 0 Å². The zero-order valence-electron chi connectivity index (χ0n) is 10.3. The van der Waals surface area contributed by atoms with Gasteiger partial charge in [-0.25, -0.2) is 0 Å². The predicted molar refractivity (Wildman–Crippen MR) is 76.0 cm³/mol. The molecule has 0 aromatic heterocycles. The molecular weight excluding hydrogens is 208 g/mol. The van der Waals surface area contributed by atoms with Crippen molar-refractivity contribution >= 4 is 15.8 Å². The molecule has 86 valence electrons. The van der Waals surface area contributed by atoms with Gasteiger partial charge in [-0.1, -0.05) is 42.8 Å². The van der Waals surface area contributed by atoms with Crippen LogP contribution >= 0.6 is 0 Å². The lowest BCUT2D eigenvalue weighted by atomic mass is 9.93. The Balaban J connectivity index is 2.03. The molecular formula is C15H22Si. The van der Waals surface area contributed by atoms with Gasteiger partial charge in [-0.15, -0.1) is 0 Å². The minimum absolute atomic E-state index is 1.27. The minimum atomic E-state index is 1.27. The van der Waals surface area contributed by atoms with Crippen LogP contribution in [0.3, 0.4) is 0 Å². The van der Waals surface area contributed by atoms with E-state index in [-0.39, 0.29) is 0 Å². The monoisotopic (exact) mass is 230 g/mol. The summed E-state index contributed by atoms with van der Waals surface area (Å²) in [5.74, 6) is 0. The quantitative estimate of drug-likeness (QED) is 0.696. The molecule has 0 bridgehead atoms. The van der Waals surface area contributed by atoms with E-state index in [1.807, 2.05) is 0 Å². The van der Waals surface area contributed by atoms with Gasteiger partial charge < -0.3 is 0 Å². The van der Waals surface area contributed by atoms with Gasteiger partial charge in [0.1, 0.15) is 0 Å². The Labute approximate surface area is 102 Å². The van der Waals surface area contributed by atoms with Crippen molar-refractivity contribution in [2.24, 2.45) is 0 Å². The van der Waals surface area contributed by atoms with Crippen molar-refractivity contribution in [3.8, 4) is 0 Å². The van der Waals surface area contributed by atoms with Crippen molar-refractivity contribution in [1.29, 1.82) is 0 Å². The molecule has 0 atom stereocenters. The predicted octanol–water partition coefficient (Wildman–Crippen LogP) is 3.36. The normalized spacial score (nSPS) is 16.1. The molecule has 2 rings (SSSR count). The van der Waals surface area contributed by atoms with Crippen molar-refractivity contribution < 1.29 is 0 Å². The largest absolute Gasteiger partial charge is 0.0807 e. The molecule has 1 aliphatic rings. The molecule has 0 heterocycles. The summed E-state index contributed by atoms with van der Waals surface area (Å²) in [4.78, 5) is 0. The molecule has 0 aliphatic heterocycles. The Bertz CT molecular complexity index is 348. The van der Waals surface area contributed by atoms with E-state index in [0.717, 1.165) is 0 Å². The van der Waals surface area contributed by atoms with Crippen LogP contribution in [0.15, 0.2) is 30.3 Å². The van der Waals surface area contributed by atoms with Crippen LogP contribution in [0.2, 0.25) is 6.04 Å². The maximum atomic E-state index is 2.43. The van der Waals surface area contributed by atoms with Gasteiger partial charge in [0.25, 0.3) is 0 Å². The molecule has 0 amide bonds. The van der Waals surface area contributed by atoms with Gasteiger partial charge in [0.05, 0.1) is 0 Å². The first-order valence-corrected chi connectivity index (χ1v) is 8.10. The van der Waals surface area contributed by atoms with E-state index in [1.54, 1.807) is 5.57 Å². The van der Waals surface area contributed by atoms with Crippen LogP contribution in [0.5, 0.6) is 0 Å². The smallest absolute Gasteiger partial charge is 0.00281 e. The van der Waals surface area contributed by atoms with Gasteiger partial charge in [-0.2, -0.15) is 0 Å². The Morgan fingerprint density at radius 2 is 1.88 bits per heavy atom. The van der Waals surface area contributed by atoms with Crippen LogP contribution in [0, 0.1) is 0 Å². The van der Waals surface area contributed by atoms with E-state index in [0.29, 0.717) is 0 Å². The molecule has 0 radical (unpaired) electrons. The summed E-state index contributed by atoms with van der Waals surface area (Å²) in [7, 11) is 1.34. The Kier molecular flexibility index (Phi) is 4.40. The van der Waals surface area contributed by atoms with Crippen molar-refractivity contribution in [1.82, 2.24) is 0 Å². The molecule has 0 saturated heterocycles. The molecule has 0 nitrogen and oxygen atoms in total. The second kappa shape index (κ2) is 6.05. The molecule has 1 aromatic carbocycles. The molecule has 0 unspecified atom stereocenters. The molecule has 1 heteroatoms. The van der Waals surface area contributed by atoms with Gasteiger partial charge in [-0.3, -0.25) is 0 Å². The number of rotatable bonds is 4. The Morgan fingerprint density at radius 3 is 2.50 bits per heavy atom. The number of hydrogen-bond donors (Lipinski definition) is 0. The van der Waals surface area contributed by atoms with Crippen molar-refractivity contribution in [2.45, 2.75) is 44.6 Å². The molecule has 0 fully saturated rings. The van der Waals surface area contributed by atoms with E-state index in [2.05, 4.69) is 30.3 Å². The van der Waals surface area contributed by atoms with Gasteiger partial charge in [0.15, 0.2) is 0 Å². The summed E-state index contributed by atoms with van der Waals surface area (Å²) in [6, 6.07) is 10.7. The van der Waals surface area contributed by atoms with Gasteiger partial charge in [-0.05, 0) is 48.8 Å². The fourth-order valence-corrected chi connectivity index (χ4v) is 2.72. The minimum Gasteiger partial charge on any atom is -0.0807 e. The van der Waals surface area contributed by atoms with Crippen molar-refractivity contribution in [3.05, 3.63) is 41.5 Å². The molecule has 1 aliphatic carbocycles. The highest BCUT2D eigenvalue weighted by atomic mass is 28.1. The summed E-state index contributed by atoms with van der Waals surface area (Å²) in [5, 5.41) is 0. The zero-order valence-corrected chi connectivity index (χ0v) is 12.3. The van der Waals surface area contributed by atoms with Crippen molar-refractivity contribution in [2.75, 3.05) is 0 Å². The van der Waals surface area contributed by atoms with Gasteiger partial charge >= 0.3 is 0 Å². The lowest BCUT2D eigenvalue weighted by Gasteiger charge is -2.13. The summed E-state index contributed by atoms with van der Waals surface area (Å²) in [6.07, 6.45) is 10.4. The highest BCUT2D eigenvalue weighted by Crippen LogP contribution is 2.26. The number of allylic oxidation sites excluding steroid dienone is 2. The van der Waals surface area contributed by atoms with E-state index in [4.69, 9.17) is 0 Å². The average Bonchev–Trinajstić information content (AvgIpc) is 2.38. The first kappa shape index (κ1) is 11.7. The van der Waals surface area contributed by atoms with Gasteiger partial charge in [0.2, 0.25) is 0 Å². The van der Waals surface area contributed by atoms with Crippen LogP contribution < -0.4 is 0 Å². The third-order valence-electron chi connectivity index (χ3n) is 3.43. The number of aryl methyl sites for hydroxylation is 1. The topological polar surface area (TPSA) is 0 Å². The summed E-state index contributed by atoms with van der Waals surface area (Å²) in [5.41, 5.74) is 4.53. The summed E-state index contributed by atoms with van der Waals surface area (Å²) < 4.78 is 0. The second-order valence-corrected chi connectivity index (χ2v) is 5.78. The maximum Gasteiger partial charge on any atom is 0.00281 e. The van der Waals surface area contributed by atoms with Crippen molar-refractivity contribution in [3.63, 3.8) is 0 Å². The molecule has 0 saturated carbocycles. The Hall–Kier alpha value is -0.823. The third-order valence-corrected chi connectivity index (χ3v) is 4.14. The lowest BCUT2D eigenvalue weighted by molar-refractivity contribution is 0.742. The number of hydrogen-bond acceptors (Lipinski definition) is 0. The highest BCUT2D eigenvalue weighted by Gasteiger charge is 2.05. The fraction of sp³-hybridized carbons (Fsp3) is 0.467. The highest BCUT2D eigenvalue weighted by molar-refractivity contribution is 6.08. The molecule has 16 heavy (non-hydrogen) atoms. The van der Waals surface area contributed by atoms with Crippen LogP contribution in [0.4, 0.5) is 0 Å². The van der Waals surface area contributed by atoms with Gasteiger partial charge in [0, 0.05) is 10.2 Å². The first-order valence-electron chi connectivity index (χ1n) is 6.68. The van der Waals surface area contributed by atoms with E-state index >= 15 is 0 Å². The number of benzene rings is 1. The Morgan fingerprint density at radius 1 is 1.06 bits per heavy atom. The van der Waals surface area contributed by atoms with E-state index < -0.39 is 0 Å². The molecule has 0 spiro atoms. The molecule has 0 N–H and O–H groups in total.